The molecule has 3 rings (SSSR count). The van der Waals surface area contributed by atoms with E-state index in [1.54, 1.807) is 7.11 Å². The Balaban J connectivity index is 2.17. The second-order valence-corrected chi connectivity index (χ2v) is 6.52. The van der Waals surface area contributed by atoms with E-state index in [-0.39, 0.29) is 0 Å². The average Bonchev–Trinajstić information content (AvgIpc) is 2.84. The van der Waals surface area contributed by atoms with Crippen LogP contribution in [0.3, 0.4) is 0 Å². The van der Waals surface area contributed by atoms with Gasteiger partial charge >= 0.3 is 0 Å². The molecule has 23 heavy (non-hydrogen) atoms. The summed E-state index contributed by atoms with van der Waals surface area (Å²) >= 11 is 0. The van der Waals surface area contributed by atoms with E-state index in [1.807, 2.05) is 6.92 Å². The Hall–Kier alpha value is -2.29. The monoisotopic (exact) mass is 308 g/mol. The third-order valence-electron chi connectivity index (χ3n) is 4.08. The molecule has 3 nitrogen and oxygen atoms in total. The van der Waals surface area contributed by atoms with Crippen molar-refractivity contribution in [1.29, 1.82) is 0 Å². The van der Waals surface area contributed by atoms with Gasteiger partial charge in [-0.25, -0.2) is 4.98 Å². The van der Waals surface area contributed by atoms with E-state index < -0.39 is 0 Å². The molecule has 0 N–H and O–H groups in total. The van der Waals surface area contributed by atoms with Gasteiger partial charge in [0.25, 0.3) is 0 Å². The van der Waals surface area contributed by atoms with E-state index in [1.165, 1.54) is 16.8 Å². The van der Waals surface area contributed by atoms with Crippen molar-refractivity contribution in [3.8, 4) is 5.88 Å². The van der Waals surface area contributed by atoms with Crippen LogP contribution in [0.25, 0.3) is 5.52 Å². The summed E-state index contributed by atoms with van der Waals surface area (Å²) in [4.78, 5) is 4.52. The van der Waals surface area contributed by atoms with Crippen LogP contribution in [0.15, 0.2) is 42.6 Å². The first-order valence-corrected chi connectivity index (χ1v) is 8.17. The van der Waals surface area contributed by atoms with Crippen LogP contribution in [-0.4, -0.2) is 16.5 Å². The minimum atomic E-state index is 0.613. The van der Waals surface area contributed by atoms with Crippen molar-refractivity contribution in [3.05, 3.63) is 65.1 Å². The van der Waals surface area contributed by atoms with Crippen LogP contribution < -0.4 is 4.74 Å². The number of hydrogen-bond donors (Lipinski definition) is 0. The lowest BCUT2D eigenvalue weighted by Crippen LogP contribution is -2.03. The minimum Gasteiger partial charge on any atom is -0.479 e. The molecule has 0 unspecified atom stereocenters. The highest BCUT2D eigenvalue weighted by molar-refractivity contribution is 5.62. The summed E-state index contributed by atoms with van der Waals surface area (Å²) in [5.41, 5.74) is 6.07. The average molecular weight is 308 g/mol. The fourth-order valence-electron chi connectivity index (χ4n) is 3.12. The lowest BCUT2D eigenvalue weighted by molar-refractivity contribution is 0.400. The lowest BCUT2D eigenvalue weighted by Gasteiger charge is -2.10. The van der Waals surface area contributed by atoms with Gasteiger partial charge in [-0.1, -0.05) is 44.2 Å². The van der Waals surface area contributed by atoms with Crippen LogP contribution in [0.5, 0.6) is 5.88 Å². The van der Waals surface area contributed by atoms with Crippen LogP contribution >= 0.6 is 0 Å². The van der Waals surface area contributed by atoms with Crippen molar-refractivity contribution in [1.82, 2.24) is 9.38 Å². The summed E-state index contributed by atoms with van der Waals surface area (Å²) < 4.78 is 7.76. The molecule has 0 aliphatic heterocycles. The Morgan fingerprint density at radius 2 is 1.91 bits per heavy atom. The smallest absolute Gasteiger partial charge is 0.238 e. The van der Waals surface area contributed by atoms with Crippen LogP contribution in [0.2, 0.25) is 0 Å². The number of fused-ring (bicyclic) bond motifs is 1. The number of hydrogen-bond acceptors (Lipinski definition) is 2. The van der Waals surface area contributed by atoms with Crippen molar-refractivity contribution in [2.75, 3.05) is 7.11 Å². The van der Waals surface area contributed by atoms with Gasteiger partial charge in [0.1, 0.15) is 5.52 Å². The maximum atomic E-state index is 5.50. The fourth-order valence-corrected chi connectivity index (χ4v) is 3.12. The number of aryl methyl sites for hydroxylation is 1. The second kappa shape index (κ2) is 6.45. The number of methoxy groups -OCH3 is 1. The summed E-state index contributed by atoms with van der Waals surface area (Å²) in [6, 6.07) is 12.9. The summed E-state index contributed by atoms with van der Waals surface area (Å²) in [5.74, 6) is 1.32. The minimum absolute atomic E-state index is 0.613. The lowest BCUT2D eigenvalue weighted by atomic mass is 10.00. The zero-order chi connectivity index (χ0) is 16.4. The highest BCUT2D eigenvalue weighted by Gasteiger charge is 2.16. The predicted octanol–water partition coefficient (Wildman–Crippen LogP) is 4.44. The summed E-state index contributed by atoms with van der Waals surface area (Å²) in [7, 11) is 1.69. The quantitative estimate of drug-likeness (QED) is 0.696. The van der Waals surface area contributed by atoms with Gasteiger partial charge in [-0.15, -0.1) is 0 Å². The third-order valence-corrected chi connectivity index (χ3v) is 4.08. The molecule has 3 heteroatoms. The maximum Gasteiger partial charge on any atom is 0.238 e. The molecule has 0 aliphatic carbocycles. The molecule has 0 amide bonds. The molecule has 0 radical (unpaired) electrons. The zero-order valence-electron chi connectivity index (χ0n) is 14.3. The molecule has 1 aromatic carbocycles. The summed E-state index contributed by atoms with van der Waals surface area (Å²) in [6.07, 6.45) is 4.09. The number of benzene rings is 1. The summed E-state index contributed by atoms with van der Waals surface area (Å²) in [5, 5.41) is 0. The molecule has 0 aliphatic rings. The molecule has 0 bridgehead atoms. The second-order valence-electron chi connectivity index (χ2n) is 6.52. The van der Waals surface area contributed by atoms with Crippen molar-refractivity contribution in [3.63, 3.8) is 0 Å². The van der Waals surface area contributed by atoms with E-state index in [0.717, 1.165) is 24.1 Å². The van der Waals surface area contributed by atoms with E-state index in [0.29, 0.717) is 11.8 Å². The van der Waals surface area contributed by atoms with Gasteiger partial charge in [-0.05, 0) is 36.5 Å². The Morgan fingerprint density at radius 3 is 2.57 bits per heavy atom. The normalized spacial score (nSPS) is 11.3. The van der Waals surface area contributed by atoms with Crippen LogP contribution in [-0.2, 0) is 12.8 Å². The predicted molar refractivity (Wildman–Crippen MR) is 94.3 cm³/mol. The molecule has 0 fully saturated rings. The Labute approximate surface area is 137 Å². The standard InChI is InChI=1S/C20H24N2O/c1-14(2)10-17-12-19-20(23-4)21-15(3)13-22(19)18(17)11-16-8-6-5-7-9-16/h5-9,12-14H,10-11H2,1-4H3. The molecule has 2 heterocycles. The SMILES string of the molecule is COc1nc(C)cn2c(Cc3ccccc3)c(CC(C)C)cc12. The van der Waals surface area contributed by atoms with Gasteiger partial charge < -0.3 is 9.14 Å². The zero-order valence-corrected chi connectivity index (χ0v) is 14.3. The van der Waals surface area contributed by atoms with Crippen LogP contribution in [0, 0.1) is 12.8 Å². The van der Waals surface area contributed by atoms with Gasteiger partial charge in [-0.3, -0.25) is 0 Å². The first-order chi connectivity index (χ1) is 11.1. The topological polar surface area (TPSA) is 26.5 Å². The first kappa shape index (κ1) is 15.6. The van der Waals surface area contributed by atoms with E-state index in [9.17, 15) is 0 Å². The van der Waals surface area contributed by atoms with Crippen molar-refractivity contribution in [2.45, 2.75) is 33.6 Å². The van der Waals surface area contributed by atoms with Crippen molar-refractivity contribution in [2.24, 2.45) is 5.92 Å². The Morgan fingerprint density at radius 1 is 1.17 bits per heavy atom. The van der Waals surface area contributed by atoms with Crippen molar-refractivity contribution >= 4 is 5.52 Å². The number of nitrogens with zero attached hydrogens (tertiary/aromatic N) is 2. The van der Waals surface area contributed by atoms with Crippen molar-refractivity contribution < 1.29 is 4.74 Å². The molecule has 3 aromatic rings. The van der Waals surface area contributed by atoms with Gasteiger partial charge in [0.05, 0.1) is 12.8 Å². The molecule has 120 valence electrons. The van der Waals surface area contributed by atoms with Gasteiger partial charge in [-0.2, -0.15) is 0 Å². The Kier molecular flexibility index (Phi) is 4.37. The van der Waals surface area contributed by atoms with E-state index >= 15 is 0 Å². The molecular weight excluding hydrogens is 284 g/mol. The molecule has 0 saturated heterocycles. The third kappa shape index (κ3) is 3.24. The number of ether oxygens (including phenoxy) is 1. The Bertz CT molecular complexity index is 803. The molecule has 0 saturated carbocycles. The molecule has 0 atom stereocenters. The molecule has 2 aromatic heterocycles. The van der Waals surface area contributed by atoms with E-state index in [2.05, 4.69) is 65.8 Å². The van der Waals surface area contributed by atoms with E-state index in [4.69, 9.17) is 4.74 Å². The largest absolute Gasteiger partial charge is 0.479 e. The van der Waals surface area contributed by atoms with Crippen LogP contribution in [0.4, 0.5) is 0 Å². The maximum absolute atomic E-state index is 5.50. The molecular formula is C20H24N2O. The first-order valence-electron chi connectivity index (χ1n) is 8.17. The summed E-state index contributed by atoms with van der Waals surface area (Å²) in [6.45, 7) is 6.53. The number of rotatable bonds is 5. The van der Waals surface area contributed by atoms with Gasteiger partial charge in [0.2, 0.25) is 5.88 Å². The van der Waals surface area contributed by atoms with Gasteiger partial charge in [0, 0.05) is 18.3 Å². The van der Waals surface area contributed by atoms with Crippen LogP contribution in [0.1, 0.15) is 36.4 Å². The highest BCUT2D eigenvalue weighted by atomic mass is 16.5. The molecule has 0 spiro atoms. The highest BCUT2D eigenvalue weighted by Crippen LogP contribution is 2.27. The van der Waals surface area contributed by atoms with Gasteiger partial charge in [0.15, 0.2) is 0 Å². The fraction of sp³-hybridized carbons (Fsp3) is 0.350. The number of aromatic nitrogens is 2.